The van der Waals surface area contributed by atoms with Crippen LogP contribution in [-0.2, 0) is 9.53 Å². The lowest BCUT2D eigenvalue weighted by molar-refractivity contribution is -0.158. The van der Waals surface area contributed by atoms with Gasteiger partial charge in [-0.05, 0) is 99.2 Å². The lowest BCUT2D eigenvalue weighted by Gasteiger charge is -2.60. The second kappa shape index (κ2) is 6.13. The molecule has 4 rings (SSSR count). The van der Waals surface area contributed by atoms with Gasteiger partial charge in [0.05, 0.1) is 0 Å². The molecule has 0 amide bonds. The Kier molecular flexibility index (Phi) is 4.32. The number of allylic oxidation sites excluding steroid dienone is 2. The summed E-state index contributed by atoms with van der Waals surface area (Å²) < 4.78 is 5.59. The summed E-state index contributed by atoms with van der Waals surface area (Å²) in [6.45, 7) is 8.98. The lowest BCUT2D eigenvalue weighted by Crippen LogP contribution is -2.53. The molecule has 0 spiro atoms. The van der Waals surface area contributed by atoms with Crippen LogP contribution in [0.2, 0.25) is 0 Å². The van der Waals surface area contributed by atoms with Crippen molar-refractivity contribution in [2.75, 3.05) is 0 Å². The topological polar surface area (TPSA) is 26.3 Å². The zero-order valence-corrected chi connectivity index (χ0v) is 16.6. The predicted molar refractivity (Wildman–Crippen MR) is 101 cm³/mol. The molecule has 25 heavy (non-hydrogen) atoms. The van der Waals surface area contributed by atoms with E-state index in [1.807, 2.05) is 0 Å². The molecule has 4 fully saturated rings. The summed E-state index contributed by atoms with van der Waals surface area (Å²) in [6.07, 6.45) is 14.4. The van der Waals surface area contributed by atoms with Gasteiger partial charge < -0.3 is 4.74 Å². The van der Waals surface area contributed by atoms with Gasteiger partial charge >= 0.3 is 5.97 Å². The first-order chi connectivity index (χ1) is 11.9. The Labute approximate surface area is 153 Å². The van der Waals surface area contributed by atoms with E-state index < -0.39 is 0 Å². The van der Waals surface area contributed by atoms with Gasteiger partial charge in [0.15, 0.2) is 0 Å². The van der Waals surface area contributed by atoms with Gasteiger partial charge in [-0.2, -0.15) is 0 Å². The first-order valence-electron chi connectivity index (χ1n) is 10.7. The number of rotatable bonds is 1. The Bertz CT molecular complexity index is 579. The third-order valence-corrected chi connectivity index (χ3v) is 9.15. The molecule has 0 aromatic rings. The molecule has 0 bridgehead atoms. The van der Waals surface area contributed by atoms with Crippen LogP contribution in [0.5, 0.6) is 0 Å². The summed E-state index contributed by atoms with van der Waals surface area (Å²) in [7, 11) is 0. The first kappa shape index (κ1) is 17.6. The number of carbonyl (C=O) groups excluding carboxylic acids is 1. The Hall–Kier alpha value is -0.790. The molecule has 4 aliphatic carbocycles. The van der Waals surface area contributed by atoms with Crippen LogP contribution in [0.4, 0.5) is 0 Å². The normalized spacial score (nSPS) is 50.7. The zero-order valence-electron chi connectivity index (χ0n) is 16.6. The minimum atomic E-state index is -0.0967. The highest BCUT2D eigenvalue weighted by Gasteiger charge is 2.59. The van der Waals surface area contributed by atoms with Gasteiger partial charge in [-0.1, -0.05) is 25.5 Å². The van der Waals surface area contributed by atoms with Crippen LogP contribution in [0, 0.1) is 34.5 Å². The van der Waals surface area contributed by atoms with Crippen molar-refractivity contribution in [1.82, 2.24) is 0 Å². The molecule has 0 unspecified atom stereocenters. The van der Waals surface area contributed by atoms with E-state index >= 15 is 0 Å². The van der Waals surface area contributed by atoms with Gasteiger partial charge in [0.2, 0.25) is 0 Å². The van der Waals surface area contributed by atoms with Crippen LogP contribution in [0.1, 0.15) is 85.5 Å². The molecule has 0 radical (unpaired) electrons. The second-order valence-corrected chi connectivity index (χ2v) is 9.97. The van der Waals surface area contributed by atoms with E-state index in [4.69, 9.17) is 4.74 Å². The summed E-state index contributed by atoms with van der Waals surface area (Å²) in [4.78, 5) is 11.4. The molecule has 4 saturated carbocycles. The van der Waals surface area contributed by atoms with Crippen LogP contribution >= 0.6 is 0 Å². The molecule has 0 aromatic heterocycles. The van der Waals surface area contributed by atoms with Crippen LogP contribution < -0.4 is 0 Å². The van der Waals surface area contributed by atoms with Crippen molar-refractivity contribution in [2.24, 2.45) is 34.5 Å². The van der Waals surface area contributed by atoms with Crippen molar-refractivity contribution < 1.29 is 9.53 Å². The molecular weight excluding hydrogens is 308 g/mol. The third-order valence-electron chi connectivity index (χ3n) is 9.15. The highest BCUT2D eigenvalue weighted by molar-refractivity contribution is 5.66. The molecule has 0 N–H and O–H groups in total. The molecule has 0 aliphatic heterocycles. The fraction of sp³-hybridized carbons (Fsp3) is 0.870. The Morgan fingerprint density at radius 1 is 1.08 bits per heavy atom. The number of hydrogen-bond acceptors (Lipinski definition) is 2. The van der Waals surface area contributed by atoms with E-state index in [0.717, 1.165) is 36.5 Å². The Balaban J connectivity index is 1.55. The molecule has 0 heterocycles. The van der Waals surface area contributed by atoms with Crippen molar-refractivity contribution in [3.05, 3.63) is 11.6 Å². The number of esters is 1. The van der Waals surface area contributed by atoms with E-state index in [0.29, 0.717) is 10.8 Å². The van der Waals surface area contributed by atoms with E-state index in [1.165, 1.54) is 44.9 Å². The smallest absolute Gasteiger partial charge is 0.302 e. The average Bonchev–Trinajstić information content (AvgIpc) is 2.91. The standard InChI is InChI=1S/C23H36O2/c1-5-16-7-9-20-19-8-6-17-14-18(25-15(2)24)10-12-23(17,4)21(19)11-13-22(16,20)3/h5,17-21H,6-14H2,1-4H3/b16-5+/t17-,18-,19+,20-,21+,22+,23-/m0/s1. The first-order valence-corrected chi connectivity index (χ1v) is 10.7. The van der Waals surface area contributed by atoms with E-state index in [1.54, 1.807) is 12.5 Å². The van der Waals surface area contributed by atoms with E-state index in [9.17, 15) is 4.79 Å². The predicted octanol–water partition coefficient (Wildman–Crippen LogP) is 5.91. The van der Waals surface area contributed by atoms with Crippen molar-refractivity contribution in [3.8, 4) is 0 Å². The highest BCUT2D eigenvalue weighted by Crippen LogP contribution is 2.67. The fourth-order valence-electron chi connectivity index (χ4n) is 7.88. The van der Waals surface area contributed by atoms with Crippen molar-refractivity contribution >= 4 is 5.97 Å². The zero-order chi connectivity index (χ0) is 17.8. The van der Waals surface area contributed by atoms with Crippen LogP contribution in [0.3, 0.4) is 0 Å². The number of carbonyl (C=O) groups is 1. The van der Waals surface area contributed by atoms with Crippen LogP contribution in [0.25, 0.3) is 0 Å². The number of ether oxygens (including phenoxy) is 1. The maximum absolute atomic E-state index is 11.4. The maximum atomic E-state index is 11.4. The van der Waals surface area contributed by atoms with Gasteiger partial charge in [-0.3, -0.25) is 4.79 Å². The highest BCUT2D eigenvalue weighted by atomic mass is 16.5. The molecular formula is C23H36O2. The van der Waals surface area contributed by atoms with Crippen LogP contribution in [0.15, 0.2) is 11.6 Å². The summed E-state index contributed by atoms with van der Waals surface area (Å²) in [5, 5.41) is 0. The quantitative estimate of drug-likeness (QED) is 0.437. The molecule has 2 heteroatoms. The number of hydrogen-bond donors (Lipinski definition) is 0. The minimum absolute atomic E-state index is 0.0967. The van der Waals surface area contributed by atoms with Crippen LogP contribution in [-0.4, -0.2) is 12.1 Å². The molecule has 4 aliphatic rings. The SMILES string of the molecule is C/C=C1\CC[C@H]2[C@H]3CC[C@H]4C[C@@H](OC(C)=O)CC[C@]4(C)[C@@H]3CC[C@]12C. The lowest BCUT2D eigenvalue weighted by atomic mass is 9.45. The van der Waals surface area contributed by atoms with Crippen molar-refractivity contribution in [2.45, 2.75) is 91.6 Å². The monoisotopic (exact) mass is 344 g/mol. The van der Waals surface area contributed by atoms with E-state index in [-0.39, 0.29) is 12.1 Å². The number of fused-ring (bicyclic) bond motifs is 5. The second-order valence-electron chi connectivity index (χ2n) is 9.97. The molecule has 2 nitrogen and oxygen atoms in total. The van der Waals surface area contributed by atoms with Gasteiger partial charge in [-0.15, -0.1) is 0 Å². The third kappa shape index (κ3) is 2.61. The maximum Gasteiger partial charge on any atom is 0.302 e. The van der Waals surface area contributed by atoms with Gasteiger partial charge in [-0.25, -0.2) is 0 Å². The minimum Gasteiger partial charge on any atom is -0.463 e. The molecule has 0 saturated heterocycles. The largest absolute Gasteiger partial charge is 0.463 e. The van der Waals surface area contributed by atoms with Crippen molar-refractivity contribution in [3.63, 3.8) is 0 Å². The summed E-state index contributed by atoms with van der Waals surface area (Å²) >= 11 is 0. The molecule has 140 valence electrons. The average molecular weight is 345 g/mol. The van der Waals surface area contributed by atoms with Crippen molar-refractivity contribution in [1.29, 1.82) is 0 Å². The fourth-order valence-corrected chi connectivity index (χ4v) is 7.88. The van der Waals surface area contributed by atoms with Gasteiger partial charge in [0, 0.05) is 6.92 Å². The molecule has 7 atom stereocenters. The Morgan fingerprint density at radius 3 is 2.60 bits per heavy atom. The summed E-state index contributed by atoms with van der Waals surface area (Å²) in [5.41, 5.74) is 2.73. The summed E-state index contributed by atoms with van der Waals surface area (Å²) in [5.74, 6) is 3.42. The summed E-state index contributed by atoms with van der Waals surface area (Å²) in [6, 6.07) is 0. The Morgan fingerprint density at radius 2 is 1.88 bits per heavy atom. The molecule has 0 aromatic carbocycles. The van der Waals surface area contributed by atoms with Gasteiger partial charge in [0.25, 0.3) is 0 Å². The van der Waals surface area contributed by atoms with Gasteiger partial charge in [0.1, 0.15) is 6.10 Å². The van der Waals surface area contributed by atoms with E-state index in [2.05, 4.69) is 26.8 Å².